The summed E-state index contributed by atoms with van der Waals surface area (Å²) in [5, 5.41) is 13.9. The average molecular weight is 415 g/mol. The first kappa shape index (κ1) is 20.6. The molecule has 1 amide bonds. The van der Waals surface area contributed by atoms with Gasteiger partial charge in [-0.05, 0) is 54.7 Å². The Bertz CT molecular complexity index is 1110. The third kappa shape index (κ3) is 4.58. The van der Waals surface area contributed by atoms with Crippen LogP contribution in [0.25, 0.3) is 0 Å². The minimum absolute atomic E-state index is 0.0384. The number of amides is 1. The first-order valence-corrected chi connectivity index (χ1v) is 10.5. The second-order valence-electron chi connectivity index (χ2n) is 7.82. The molecule has 0 aliphatic carbocycles. The van der Waals surface area contributed by atoms with Crippen LogP contribution in [-0.4, -0.2) is 23.9 Å². The highest BCUT2D eigenvalue weighted by Crippen LogP contribution is 2.25. The Morgan fingerprint density at radius 2 is 1.77 bits per heavy atom. The van der Waals surface area contributed by atoms with Crippen molar-refractivity contribution in [2.45, 2.75) is 26.3 Å². The smallest absolute Gasteiger partial charge is 0.273 e. The average Bonchev–Trinajstić information content (AvgIpc) is 2.79. The Labute approximate surface area is 181 Å². The van der Waals surface area contributed by atoms with Gasteiger partial charge in [0, 0.05) is 42.5 Å². The molecule has 1 heterocycles. The van der Waals surface area contributed by atoms with E-state index < -0.39 is 4.92 Å². The fourth-order valence-electron chi connectivity index (χ4n) is 4.07. The summed E-state index contributed by atoms with van der Waals surface area (Å²) in [5.74, 6) is -0.287. The fourth-order valence-corrected chi connectivity index (χ4v) is 4.07. The van der Waals surface area contributed by atoms with E-state index in [9.17, 15) is 14.9 Å². The Hall–Kier alpha value is -3.67. The number of hydrogen-bond donors (Lipinski definition) is 1. The van der Waals surface area contributed by atoms with Crippen molar-refractivity contribution in [3.63, 3.8) is 0 Å². The van der Waals surface area contributed by atoms with Crippen molar-refractivity contribution in [2.24, 2.45) is 0 Å². The summed E-state index contributed by atoms with van der Waals surface area (Å²) in [4.78, 5) is 25.4. The second kappa shape index (κ2) is 9.00. The molecule has 0 spiro atoms. The van der Waals surface area contributed by atoms with Crippen LogP contribution in [-0.2, 0) is 19.4 Å². The molecule has 0 saturated carbocycles. The number of nitro groups is 1. The zero-order chi connectivity index (χ0) is 21.8. The number of carbonyl (C=O) groups excluding carboxylic acids is 1. The van der Waals surface area contributed by atoms with Crippen LogP contribution in [0.5, 0.6) is 0 Å². The first-order valence-electron chi connectivity index (χ1n) is 10.5. The largest absolute Gasteiger partial charge is 0.367 e. The van der Waals surface area contributed by atoms with Gasteiger partial charge in [0.15, 0.2) is 0 Å². The molecule has 0 unspecified atom stereocenters. The summed E-state index contributed by atoms with van der Waals surface area (Å²) < 4.78 is 0. The van der Waals surface area contributed by atoms with Crippen molar-refractivity contribution in [1.29, 1.82) is 0 Å². The van der Waals surface area contributed by atoms with E-state index in [-0.39, 0.29) is 11.6 Å². The highest BCUT2D eigenvalue weighted by Gasteiger charge is 2.18. The molecule has 0 fully saturated rings. The van der Waals surface area contributed by atoms with Crippen LogP contribution >= 0.6 is 0 Å². The summed E-state index contributed by atoms with van der Waals surface area (Å²) in [7, 11) is 0. The van der Waals surface area contributed by atoms with Gasteiger partial charge in [-0.25, -0.2) is 0 Å². The lowest BCUT2D eigenvalue weighted by Crippen LogP contribution is -2.30. The number of fused-ring (bicyclic) bond motifs is 1. The number of nitrogens with zero attached hydrogens (tertiary/aromatic N) is 2. The maximum absolute atomic E-state index is 12.5. The van der Waals surface area contributed by atoms with Gasteiger partial charge in [-0.15, -0.1) is 0 Å². The topological polar surface area (TPSA) is 75.5 Å². The van der Waals surface area contributed by atoms with Gasteiger partial charge in [0.1, 0.15) is 0 Å². The monoisotopic (exact) mass is 415 g/mol. The minimum Gasteiger partial charge on any atom is -0.367 e. The quantitative estimate of drug-likeness (QED) is 0.477. The molecule has 0 aromatic heterocycles. The Morgan fingerprint density at radius 3 is 2.52 bits per heavy atom. The first-order chi connectivity index (χ1) is 15.0. The van der Waals surface area contributed by atoms with Crippen LogP contribution in [0.2, 0.25) is 0 Å². The summed E-state index contributed by atoms with van der Waals surface area (Å²) in [6, 6.07) is 21.6. The molecule has 1 N–H and O–H groups in total. The molecule has 1 aliphatic rings. The van der Waals surface area contributed by atoms with Crippen LogP contribution in [0.15, 0.2) is 66.7 Å². The van der Waals surface area contributed by atoms with Crippen molar-refractivity contribution >= 4 is 17.3 Å². The van der Waals surface area contributed by atoms with Gasteiger partial charge in [-0.2, -0.15) is 0 Å². The van der Waals surface area contributed by atoms with E-state index in [1.54, 1.807) is 13.0 Å². The van der Waals surface area contributed by atoms with Crippen molar-refractivity contribution in [3.8, 4) is 0 Å². The van der Waals surface area contributed by atoms with E-state index in [2.05, 4.69) is 58.7 Å². The van der Waals surface area contributed by atoms with Crippen LogP contribution in [0, 0.1) is 17.0 Å². The Morgan fingerprint density at radius 1 is 1.03 bits per heavy atom. The van der Waals surface area contributed by atoms with Gasteiger partial charge in [0.25, 0.3) is 11.6 Å². The van der Waals surface area contributed by atoms with Crippen LogP contribution < -0.4 is 10.2 Å². The number of hydrogen-bond acceptors (Lipinski definition) is 4. The van der Waals surface area contributed by atoms with Crippen LogP contribution in [0.1, 0.15) is 32.6 Å². The molecule has 4 rings (SSSR count). The predicted molar refractivity (Wildman–Crippen MR) is 122 cm³/mol. The second-order valence-corrected chi connectivity index (χ2v) is 7.82. The van der Waals surface area contributed by atoms with Crippen molar-refractivity contribution in [1.82, 2.24) is 5.32 Å². The van der Waals surface area contributed by atoms with Gasteiger partial charge in [0.05, 0.1) is 4.92 Å². The number of benzene rings is 3. The van der Waals surface area contributed by atoms with Gasteiger partial charge in [0.2, 0.25) is 0 Å². The molecular formula is C25H25N3O3. The van der Waals surface area contributed by atoms with E-state index in [1.807, 2.05) is 0 Å². The molecule has 6 nitrogen and oxygen atoms in total. The van der Waals surface area contributed by atoms with Crippen LogP contribution in [0.4, 0.5) is 11.4 Å². The van der Waals surface area contributed by atoms with Crippen LogP contribution in [0.3, 0.4) is 0 Å². The number of anilines is 1. The van der Waals surface area contributed by atoms with Gasteiger partial charge >= 0.3 is 0 Å². The van der Waals surface area contributed by atoms with E-state index >= 15 is 0 Å². The summed E-state index contributed by atoms with van der Waals surface area (Å²) in [5.41, 5.74) is 5.85. The predicted octanol–water partition coefficient (Wildman–Crippen LogP) is 4.44. The molecule has 0 atom stereocenters. The fraction of sp³-hybridized carbons (Fsp3) is 0.240. The van der Waals surface area contributed by atoms with Gasteiger partial charge in [-0.1, -0.05) is 42.5 Å². The highest BCUT2D eigenvalue weighted by molar-refractivity contribution is 5.96. The molecule has 1 aliphatic heterocycles. The van der Waals surface area contributed by atoms with E-state index in [0.29, 0.717) is 24.1 Å². The standard InChI is InChI=1S/C25H25N3O3/c1-18-23(7-4-8-24(18)28(30)31)25(29)26-15-13-19-9-11-22(12-10-19)27-16-14-20-5-2-3-6-21(20)17-27/h2-12H,13-17H2,1H3,(H,26,29). The van der Waals surface area contributed by atoms with E-state index in [1.165, 1.54) is 28.9 Å². The minimum atomic E-state index is -0.464. The van der Waals surface area contributed by atoms with E-state index in [4.69, 9.17) is 0 Å². The molecule has 158 valence electrons. The third-order valence-corrected chi connectivity index (χ3v) is 5.88. The van der Waals surface area contributed by atoms with Crippen molar-refractivity contribution in [2.75, 3.05) is 18.0 Å². The summed E-state index contributed by atoms with van der Waals surface area (Å²) in [6.07, 6.45) is 1.75. The lowest BCUT2D eigenvalue weighted by molar-refractivity contribution is -0.385. The van der Waals surface area contributed by atoms with E-state index in [0.717, 1.165) is 25.1 Å². The number of carbonyl (C=O) groups is 1. The van der Waals surface area contributed by atoms with Crippen molar-refractivity contribution in [3.05, 3.63) is 105 Å². The SMILES string of the molecule is Cc1c(C(=O)NCCc2ccc(N3CCc4ccccc4C3)cc2)cccc1[N+](=O)[O-]. The number of rotatable bonds is 6. The maximum Gasteiger partial charge on any atom is 0.273 e. The van der Waals surface area contributed by atoms with Gasteiger partial charge in [-0.3, -0.25) is 14.9 Å². The number of nitrogens with one attached hydrogen (secondary N) is 1. The molecule has 0 saturated heterocycles. The maximum atomic E-state index is 12.5. The summed E-state index contributed by atoms with van der Waals surface area (Å²) in [6.45, 7) is 4.01. The zero-order valence-corrected chi connectivity index (χ0v) is 17.5. The molecule has 3 aromatic carbocycles. The highest BCUT2D eigenvalue weighted by atomic mass is 16.6. The molecular weight excluding hydrogens is 390 g/mol. The molecule has 0 radical (unpaired) electrons. The molecule has 0 bridgehead atoms. The molecule has 6 heteroatoms. The normalized spacial score (nSPS) is 12.9. The Balaban J connectivity index is 1.33. The summed E-state index contributed by atoms with van der Waals surface area (Å²) >= 11 is 0. The third-order valence-electron chi connectivity index (χ3n) is 5.88. The zero-order valence-electron chi connectivity index (χ0n) is 17.5. The lowest BCUT2D eigenvalue weighted by Gasteiger charge is -2.30. The number of nitro benzene ring substituents is 1. The lowest BCUT2D eigenvalue weighted by atomic mass is 9.99. The van der Waals surface area contributed by atoms with Crippen molar-refractivity contribution < 1.29 is 9.72 Å². The molecule has 3 aromatic rings. The Kier molecular flexibility index (Phi) is 5.98. The molecule has 31 heavy (non-hydrogen) atoms. The van der Waals surface area contributed by atoms with Gasteiger partial charge < -0.3 is 10.2 Å².